The maximum absolute atomic E-state index is 12.5. The Morgan fingerprint density at radius 2 is 1.91 bits per heavy atom. The molecule has 1 spiro atoms. The summed E-state index contributed by atoms with van der Waals surface area (Å²) in [5.74, 6) is -0.551. The van der Waals surface area contributed by atoms with Gasteiger partial charge in [-0.05, 0) is 37.7 Å². The third kappa shape index (κ3) is 3.16. The van der Waals surface area contributed by atoms with Gasteiger partial charge in [0.2, 0.25) is 5.91 Å². The Kier molecular flexibility index (Phi) is 4.46. The predicted molar refractivity (Wildman–Crippen MR) is 83.2 cm³/mol. The summed E-state index contributed by atoms with van der Waals surface area (Å²) in [5.41, 5.74) is 0.681. The van der Waals surface area contributed by atoms with Gasteiger partial charge < -0.3 is 10.1 Å². The fourth-order valence-corrected chi connectivity index (χ4v) is 3.72. The summed E-state index contributed by atoms with van der Waals surface area (Å²) < 4.78 is 5.59. The zero-order chi connectivity index (χ0) is 15.4. The first-order valence-electron chi connectivity index (χ1n) is 8.23. The van der Waals surface area contributed by atoms with E-state index in [2.05, 4.69) is 17.4 Å². The Morgan fingerprint density at radius 3 is 2.64 bits per heavy atom. The van der Waals surface area contributed by atoms with Crippen molar-refractivity contribution in [2.45, 2.75) is 50.5 Å². The minimum absolute atomic E-state index is 0.0244. The molecule has 3 rings (SSSR count). The van der Waals surface area contributed by atoms with Crippen molar-refractivity contribution in [3.8, 4) is 0 Å². The predicted octanol–water partition coefficient (Wildman–Crippen LogP) is 2.61. The fourth-order valence-electron chi connectivity index (χ4n) is 3.72. The largest absolute Gasteiger partial charge is 0.458 e. The van der Waals surface area contributed by atoms with Crippen LogP contribution in [-0.4, -0.2) is 24.0 Å². The van der Waals surface area contributed by atoms with Crippen LogP contribution in [-0.2, 0) is 20.7 Å². The highest BCUT2D eigenvalue weighted by molar-refractivity contribution is 5.87. The molecule has 1 saturated carbocycles. The zero-order valence-corrected chi connectivity index (χ0v) is 12.8. The van der Waals surface area contributed by atoms with E-state index in [1.807, 2.05) is 18.2 Å². The molecule has 2 fully saturated rings. The Bertz CT molecular complexity index is 535. The highest BCUT2D eigenvalue weighted by atomic mass is 16.6. The molecule has 1 atom stereocenters. The van der Waals surface area contributed by atoms with E-state index in [1.54, 1.807) is 0 Å². The van der Waals surface area contributed by atoms with Gasteiger partial charge in [-0.1, -0.05) is 36.8 Å². The number of hydrogen-bond donors (Lipinski definition) is 1. The third-order valence-corrected chi connectivity index (χ3v) is 4.90. The van der Waals surface area contributed by atoms with E-state index >= 15 is 0 Å². The second kappa shape index (κ2) is 6.51. The Labute approximate surface area is 131 Å². The molecule has 1 aliphatic heterocycles. The highest BCUT2D eigenvalue weighted by Crippen LogP contribution is 2.44. The summed E-state index contributed by atoms with van der Waals surface area (Å²) in [6.07, 6.45) is 5.95. The van der Waals surface area contributed by atoms with E-state index < -0.39 is 5.60 Å². The van der Waals surface area contributed by atoms with Crippen LogP contribution in [0.5, 0.6) is 0 Å². The number of esters is 1. The molecule has 0 radical (unpaired) electrons. The standard InChI is InChI=1S/C18H23NO3/c20-16-13-15(18(22-16)10-5-2-6-11-18)17(21)19-12-9-14-7-3-1-4-8-14/h1,3-4,7-8,15H,2,5-6,9-13H2,(H,19,21). The fraction of sp³-hybridized carbons (Fsp3) is 0.556. The number of hydrogen-bond acceptors (Lipinski definition) is 3. The van der Waals surface area contributed by atoms with E-state index in [1.165, 1.54) is 12.0 Å². The lowest BCUT2D eigenvalue weighted by Crippen LogP contribution is -2.46. The van der Waals surface area contributed by atoms with Gasteiger partial charge in [0.05, 0.1) is 12.3 Å². The number of nitrogens with one attached hydrogen (secondary N) is 1. The molecule has 1 aromatic rings. The van der Waals surface area contributed by atoms with Gasteiger partial charge in [0, 0.05) is 6.54 Å². The van der Waals surface area contributed by atoms with Gasteiger partial charge in [0.1, 0.15) is 5.60 Å². The number of carbonyl (C=O) groups is 2. The van der Waals surface area contributed by atoms with Crippen molar-refractivity contribution in [3.05, 3.63) is 35.9 Å². The molecule has 4 heteroatoms. The summed E-state index contributed by atoms with van der Waals surface area (Å²) in [6, 6.07) is 10.1. The van der Waals surface area contributed by atoms with Crippen LogP contribution in [0.4, 0.5) is 0 Å². The van der Waals surface area contributed by atoms with E-state index in [-0.39, 0.29) is 24.2 Å². The first-order valence-corrected chi connectivity index (χ1v) is 8.23. The molecule has 1 heterocycles. The number of rotatable bonds is 4. The van der Waals surface area contributed by atoms with Crippen LogP contribution in [0.3, 0.4) is 0 Å². The van der Waals surface area contributed by atoms with E-state index in [0.717, 1.165) is 32.1 Å². The lowest BCUT2D eigenvalue weighted by atomic mass is 9.75. The number of ether oxygens (including phenoxy) is 1. The molecule has 1 aliphatic carbocycles. The summed E-state index contributed by atoms with van der Waals surface area (Å²) >= 11 is 0. The quantitative estimate of drug-likeness (QED) is 0.870. The number of benzene rings is 1. The van der Waals surface area contributed by atoms with Gasteiger partial charge in [0.25, 0.3) is 0 Å². The minimum atomic E-state index is -0.522. The molecular weight excluding hydrogens is 278 g/mol. The molecule has 22 heavy (non-hydrogen) atoms. The lowest BCUT2D eigenvalue weighted by molar-refractivity contribution is -0.153. The van der Waals surface area contributed by atoms with E-state index in [4.69, 9.17) is 4.74 Å². The number of amides is 1. The van der Waals surface area contributed by atoms with Gasteiger partial charge in [-0.2, -0.15) is 0 Å². The Balaban J connectivity index is 1.57. The smallest absolute Gasteiger partial charge is 0.307 e. The topological polar surface area (TPSA) is 55.4 Å². The van der Waals surface area contributed by atoms with Crippen molar-refractivity contribution in [1.82, 2.24) is 5.32 Å². The van der Waals surface area contributed by atoms with Crippen LogP contribution >= 0.6 is 0 Å². The second-order valence-corrected chi connectivity index (χ2v) is 6.38. The molecule has 1 unspecified atom stereocenters. The van der Waals surface area contributed by atoms with Crippen molar-refractivity contribution >= 4 is 11.9 Å². The molecule has 0 bridgehead atoms. The average molecular weight is 301 g/mol. The van der Waals surface area contributed by atoms with Gasteiger partial charge >= 0.3 is 5.97 Å². The second-order valence-electron chi connectivity index (χ2n) is 6.38. The molecule has 0 aromatic heterocycles. The first-order chi connectivity index (χ1) is 10.7. The Hall–Kier alpha value is -1.84. The van der Waals surface area contributed by atoms with Crippen LogP contribution in [0.1, 0.15) is 44.1 Å². The van der Waals surface area contributed by atoms with Crippen LogP contribution in [0, 0.1) is 5.92 Å². The van der Waals surface area contributed by atoms with Gasteiger partial charge in [-0.25, -0.2) is 0 Å². The summed E-state index contributed by atoms with van der Waals surface area (Å²) in [6.45, 7) is 0.601. The monoisotopic (exact) mass is 301 g/mol. The maximum atomic E-state index is 12.5. The summed E-state index contributed by atoms with van der Waals surface area (Å²) in [5, 5.41) is 2.99. The molecular formula is C18H23NO3. The SMILES string of the molecule is O=C1CC(C(=O)NCCc2ccccc2)C2(CCCCC2)O1. The van der Waals surface area contributed by atoms with Crippen LogP contribution in [0.15, 0.2) is 30.3 Å². The minimum Gasteiger partial charge on any atom is -0.458 e. The van der Waals surface area contributed by atoms with Crippen molar-refractivity contribution in [3.63, 3.8) is 0 Å². The molecule has 2 aliphatic rings. The summed E-state index contributed by atoms with van der Waals surface area (Å²) in [4.78, 5) is 24.2. The molecule has 4 nitrogen and oxygen atoms in total. The Morgan fingerprint density at radius 1 is 1.18 bits per heavy atom. The molecule has 118 valence electrons. The third-order valence-electron chi connectivity index (χ3n) is 4.90. The normalized spacial score (nSPS) is 23.3. The molecule has 1 N–H and O–H groups in total. The van der Waals surface area contributed by atoms with Gasteiger partial charge in [-0.3, -0.25) is 9.59 Å². The molecule has 1 aromatic carbocycles. The van der Waals surface area contributed by atoms with E-state index in [0.29, 0.717) is 6.54 Å². The van der Waals surface area contributed by atoms with Crippen molar-refractivity contribution < 1.29 is 14.3 Å². The highest BCUT2D eigenvalue weighted by Gasteiger charge is 2.52. The van der Waals surface area contributed by atoms with Crippen LogP contribution < -0.4 is 5.32 Å². The van der Waals surface area contributed by atoms with Crippen LogP contribution in [0.25, 0.3) is 0 Å². The van der Waals surface area contributed by atoms with Gasteiger partial charge in [-0.15, -0.1) is 0 Å². The molecule has 1 saturated heterocycles. The van der Waals surface area contributed by atoms with E-state index in [9.17, 15) is 9.59 Å². The summed E-state index contributed by atoms with van der Waals surface area (Å²) in [7, 11) is 0. The van der Waals surface area contributed by atoms with Crippen LogP contribution in [0.2, 0.25) is 0 Å². The average Bonchev–Trinajstić information content (AvgIpc) is 2.85. The first kappa shape index (κ1) is 15.1. The van der Waals surface area contributed by atoms with Crippen molar-refractivity contribution in [2.75, 3.05) is 6.54 Å². The molecule has 1 amide bonds. The lowest BCUT2D eigenvalue weighted by Gasteiger charge is -2.36. The maximum Gasteiger partial charge on any atom is 0.307 e. The van der Waals surface area contributed by atoms with Crippen molar-refractivity contribution in [1.29, 1.82) is 0 Å². The van der Waals surface area contributed by atoms with Crippen molar-refractivity contribution in [2.24, 2.45) is 5.92 Å². The number of carbonyl (C=O) groups excluding carboxylic acids is 2. The van der Waals surface area contributed by atoms with Gasteiger partial charge in [0.15, 0.2) is 0 Å². The zero-order valence-electron chi connectivity index (χ0n) is 12.8.